The van der Waals surface area contributed by atoms with Crippen molar-refractivity contribution in [3.05, 3.63) is 60.3 Å². The van der Waals surface area contributed by atoms with Gasteiger partial charge in [0.05, 0.1) is 11.9 Å². The van der Waals surface area contributed by atoms with Crippen molar-refractivity contribution < 1.29 is 9.13 Å². The molecule has 0 aliphatic rings. The van der Waals surface area contributed by atoms with Crippen LogP contribution in [-0.4, -0.2) is 9.55 Å². The fourth-order valence-corrected chi connectivity index (χ4v) is 2.11. The summed E-state index contributed by atoms with van der Waals surface area (Å²) >= 11 is 0. The van der Waals surface area contributed by atoms with Gasteiger partial charge in [-0.25, -0.2) is 4.39 Å². The third kappa shape index (κ3) is 2.29. The Labute approximate surface area is 110 Å². The van der Waals surface area contributed by atoms with Crippen molar-refractivity contribution in [1.29, 1.82) is 0 Å². The van der Waals surface area contributed by atoms with Gasteiger partial charge in [0.2, 0.25) is 0 Å². The Morgan fingerprint density at radius 1 is 1.26 bits per heavy atom. The van der Waals surface area contributed by atoms with Gasteiger partial charge in [-0.3, -0.25) is 4.98 Å². The van der Waals surface area contributed by atoms with E-state index < -0.39 is 0 Å². The van der Waals surface area contributed by atoms with Gasteiger partial charge in [-0.1, -0.05) is 0 Å². The van der Waals surface area contributed by atoms with Gasteiger partial charge in [0, 0.05) is 24.1 Å². The maximum Gasteiger partial charge on any atom is 0.138 e. The van der Waals surface area contributed by atoms with Crippen molar-refractivity contribution in [3.63, 3.8) is 0 Å². The van der Waals surface area contributed by atoms with Gasteiger partial charge in [0.25, 0.3) is 0 Å². The zero-order valence-electron chi connectivity index (χ0n) is 10.5. The van der Waals surface area contributed by atoms with Crippen LogP contribution in [0.1, 0.15) is 5.69 Å². The SMILES string of the molecule is Cn1c(COc2cccnc2)cc2cc(F)ccc21. The summed E-state index contributed by atoms with van der Waals surface area (Å²) in [5, 5.41) is 0.882. The molecule has 0 N–H and O–H groups in total. The molecule has 0 fully saturated rings. The number of rotatable bonds is 3. The van der Waals surface area contributed by atoms with Crippen LogP contribution < -0.4 is 4.74 Å². The molecule has 3 nitrogen and oxygen atoms in total. The number of hydrogen-bond acceptors (Lipinski definition) is 2. The highest BCUT2D eigenvalue weighted by Crippen LogP contribution is 2.21. The summed E-state index contributed by atoms with van der Waals surface area (Å²) < 4.78 is 20.8. The molecular formula is C15H13FN2O. The molecular weight excluding hydrogens is 243 g/mol. The van der Waals surface area contributed by atoms with Crippen LogP contribution >= 0.6 is 0 Å². The molecule has 0 aliphatic heterocycles. The van der Waals surface area contributed by atoms with Crippen LogP contribution in [0.5, 0.6) is 5.75 Å². The third-order valence-corrected chi connectivity index (χ3v) is 3.12. The average Bonchev–Trinajstić information content (AvgIpc) is 2.74. The summed E-state index contributed by atoms with van der Waals surface area (Å²) in [5.41, 5.74) is 1.98. The number of aromatic nitrogens is 2. The minimum absolute atomic E-state index is 0.224. The van der Waals surface area contributed by atoms with E-state index in [1.54, 1.807) is 18.5 Å². The van der Waals surface area contributed by atoms with Gasteiger partial charge in [-0.05, 0) is 36.4 Å². The van der Waals surface area contributed by atoms with E-state index in [0.29, 0.717) is 6.61 Å². The molecule has 0 aliphatic carbocycles. The summed E-state index contributed by atoms with van der Waals surface area (Å²) in [7, 11) is 1.95. The first-order valence-corrected chi connectivity index (χ1v) is 6.01. The van der Waals surface area contributed by atoms with Crippen LogP contribution in [0.15, 0.2) is 48.8 Å². The zero-order chi connectivity index (χ0) is 13.2. The maximum absolute atomic E-state index is 13.2. The maximum atomic E-state index is 13.2. The first kappa shape index (κ1) is 11.7. The van der Waals surface area contributed by atoms with Crippen LogP contribution in [0.4, 0.5) is 4.39 Å². The highest BCUT2D eigenvalue weighted by molar-refractivity contribution is 5.81. The van der Waals surface area contributed by atoms with E-state index >= 15 is 0 Å². The van der Waals surface area contributed by atoms with Crippen LogP contribution in [0.3, 0.4) is 0 Å². The Morgan fingerprint density at radius 2 is 2.16 bits per heavy atom. The molecule has 3 aromatic rings. The van der Waals surface area contributed by atoms with Crippen LogP contribution in [0.25, 0.3) is 10.9 Å². The first-order valence-electron chi connectivity index (χ1n) is 6.01. The van der Waals surface area contributed by atoms with Crippen molar-refractivity contribution in [2.75, 3.05) is 0 Å². The van der Waals surface area contributed by atoms with Gasteiger partial charge in [-0.2, -0.15) is 0 Å². The molecule has 0 amide bonds. The largest absolute Gasteiger partial charge is 0.486 e. The van der Waals surface area contributed by atoms with E-state index in [1.807, 2.05) is 29.8 Å². The molecule has 0 saturated carbocycles. The smallest absolute Gasteiger partial charge is 0.138 e. The molecule has 3 rings (SSSR count). The fourth-order valence-electron chi connectivity index (χ4n) is 2.11. The topological polar surface area (TPSA) is 27.1 Å². The van der Waals surface area contributed by atoms with Crippen molar-refractivity contribution >= 4 is 10.9 Å². The normalized spacial score (nSPS) is 10.8. The van der Waals surface area contributed by atoms with Crippen LogP contribution in [-0.2, 0) is 13.7 Å². The zero-order valence-corrected chi connectivity index (χ0v) is 10.5. The molecule has 0 atom stereocenters. The van der Waals surface area contributed by atoms with Crippen LogP contribution in [0.2, 0.25) is 0 Å². The number of benzene rings is 1. The Morgan fingerprint density at radius 3 is 2.95 bits per heavy atom. The number of hydrogen-bond donors (Lipinski definition) is 0. The lowest BCUT2D eigenvalue weighted by molar-refractivity contribution is 0.296. The highest BCUT2D eigenvalue weighted by Gasteiger charge is 2.07. The molecule has 0 unspecified atom stereocenters. The van der Waals surface area contributed by atoms with Gasteiger partial charge in [0.15, 0.2) is 0 Å². The number of fused-ring (bicyclic) bond motifs is 1. The number of aryl methyl sites for hydroxylation is 1. The number of ether oxygens (including phenoxy) is 1. The number of pyridine rings is 1. The lowest BCUT2D eigenvalue weighted by Gasteiger charge is -2.06. The van der Waals surface area contributed by atoms with Crippen LogP contribution in [0, 0.1) is 5.82 Å². The van der Waals surface area contributed by atoms with Crippen molar-refractivity contribution in [1.82, 2.24) is 9.55 Å². The molecule has 0 bridgehead atoms. The fraction of sp³-hybridized carbons (Fsp3) is 0.133. The van der Waals surface area contributed by atoms with E-state index in [-0.39, 0.29) is 5.82 Å². The van der Waals surface area contributed by atoms with E-state index in [9.17, 15) is 4.39 Å². The molecule has 19 heavy (non-hydrogen) atoms. The minimum atomic E-state index is -0.224. The Kier molecular flexibility index (Phi) is 2.91. The second kappa shape index (κ2) is 4.72. The number of halogens is 1. The standard InChI is InChI=1S/C15H13FN2O/c1-18-13(10-19-14-3-2-6-17-9-14)8-11-7-12(16)4-5-15(11)18/h2-9H,10H2,1H3. The van der Waals surface area contributed by atoms with E-state index in [4.69, 9.17) is 4.74 Å². The Balaban J connectivity index is 1.87. The summed E-state index contributed by atoms with van der Waals surface area (Å²) in [5.74, 6) is 0.497. The molecule has 0 radical (unpaired) electrons. The van der Waals surface area contributed by atoms with Gasteiger partial charge < -0.3 is 9.30 Å². The third-order valence-electron chi connectivity index (χ3n) is 3.12. The van der Waals surface area contributed by atoms with Crippen molar-refractivity contribution in [2.45, 2.75) is 6.61 Å². The molecule has 4 heteroatoms. The predicted molar refractivity (Wildman–Crippen MR) is 71.4 cm³/mol. The lowest BCUT2D eigenvalue weighted by Crippen LogP contribution is -2.01. The summed E-state index contributed by atoms with van der Waals surface area (Å²) in [6.07, 6.45) is 3.37. The first-order chi connectivity index (χ1) is 9.24. The second-order valence-electron chi connectivity index (χ2n) is 4.38. The summed E-state index contributed by atoms with van der Waals surface area (Å²) in [6, 6.07) is 10.4. The quantitative estimate of drug-likeness (QED) is 0.719. The van der Waals surface area contributed by atoms with Gasteiger partial charge in [0.1, 0.15) is 18.2 Å². The Bertz CT molecular complexity index is 707. The van der Waals surface area contributed by atoms with E-state index in [1.165, 1.54) is 12.1 Å². The molecule has 2 aromatic heterocycles. The lowest BCUT2D eigenvalue weighted by atomic mass is 10.2. The van der Waals surface area contributed by atoms with E-state index in [2.05, 4.69) is 4.98 Å². The average molecular weight is 256 g/mol. The minimum Gasteiger partial charge on any atom is -0.486 e. The highest BCUT2D eigenvalue weighted by atomic mass is 19.1. The molecule has 0 saturated heterocycles. The van der Waals surface area contributed by atoms with Gasteiger partial charge in [-0.15, -0.1) is 0 Å². The van der Waals surface area contributed by atoms with Crippen molar-refractivity contribution in [2.24, 2.45) is 7.05 Å². The predicted octanol–water partition coefficient (Wildman–Crippen LogP) is 3.29. The monoisotopic (exact) mass is 256 g/mol. The Hall–Kier alpha value is -2.36. The van der Waals surface area contributed by atoms with Gasteiger partial charge >= 0.3 is 0 Å². The van der Waals surface area contributed by atoms with E-state index in [0.717, 1.165) is 22.3 Å². The molecule has 0 spiro atoms. The summed E-state index contributed by atoms with van der Waals surface area (Å²) in [6.45, 7) is 0.429. The summed E-state index contributed by atoms with van der Waals surface area (Å²) in [4.78, 5) is 3.99. The number of nitrogens with zero attached hydrogens (tertiary/aromatic N) is 2. The second-order valence-corrected chi connectivity index (χ2v) is 4.38. The molecule has 96 valence electrons. The molecule has 1 aromatic carbocycles. The van der Waals surface area contributed by atoms with Crippen molar-refractivity contribution in [3.8, 4) is 5.75 Å². The molecule has 2 heterocycles.